The van der Waals surface area contributed by atoms with Crippen molar-refractivity contribution in [1.82, 2.24) is 9.59 Å². The Morgan fingerprint density at radius 2 is 2.16 bits per heavy atom. The van der Waals surface area contributed by atoms with Gasteiger partial charge in [-0.05, 0) is 18.2 Å². The standard InChI is InChI=1S/C9H8N4O4S2/c10-6-3-5(9(14)15)1-2-7(6)19(16,17)12-8-4-11-13-18-8/h1-4,12H,10H2,(H,14,15). The fraction of sp³-hybridized carbons (Fsp3) is 0. The first-order valence-corrected chi connectivity index (χ1v) is 7.09. The van der Waals surface area contributed by atoms with Crippen molar-refractivity contribution in [2.45, 2.75) is 4.90 Å². The molecule has 0 unspecified atom stereocenters. The number of aromatic carboxylic acids is 1. The van der Waals surface area contributed by atoms with Crippen molar-refractivity contribution in [2.24, 2.45) is 0 Å². The van der Waals surface area contributed by atoms with Crippen LogP contribution in [0.2, 0.25) is 0 Å². The van der Waals surface area contributed by atoms with Crippen molar-refractivity contribution in [3.8, 4) is 0 Å². The minimum Gasteiger partial charge on any atom is -0.478 e. The van der Waals surface area contributed by atoms with Gasteiger partial charge in [0.2, 0.25) is 0 Å². The summed E-state index contributed by atoms with van der Waals surface area (Å²) in [5.41, 5.74) is 5.33. The molecule has 1 aromatic heterocycles. The molecule has 0 spiro atoms. The third-order valence-corrected chi connectivity index (χ3v) is 4.29. The van der Waals surface area contributed by atoms with E-state index in [-0.39, 0.29) is 21.1 Å². The Balaban J connectivity index is 2.38. The molecule has 0 radical (unpaired) electrons. The van der Waals surface area contributed by atoms with Crippen LogP contribution < -0.4 is 10.5 Å². The van der Waals surface area contributed by atoms with E-state index in [2.05, 4.69) is 14.3 Å². The van der Waals surface area contributed by atoms with Gasteiger partial charge in [-0.3, -0.25) is 4.72 Å². The Kier molecular flexibility index (Phi) is 3.36. The van der Waals surface area contributed by atoms with Crippen LogP contribution in [-0.2, 0) is 10.0 Å². The van der Waals surface area contributed by atoms with Crippen LogP contribution in [0.1, 0.15) is 10.4 Å². The van der Waals surface area contributed by atoms with Crippen LogP contribution in [0.15, 0.2) is 29.3 Å². The number of carboxylic acids is 1. The van der Waals surface area contributed by atoms with Gasteiger partial charge in [0, 0.05) is 11.5 Å². The van der Waals surface area contributed by atoms with Crippen molar-refractivity contribution in [2.75, 3.05) is 10.5 Å². The first kappa shape index (κ1) is 13.2. The molecule has 0 bridgehead atoms. The minimum absolute atomic E-state index is 0.0871. The normalized spacial score (nSPS) is 11.2. The zero-order valence-electron chi connectivity index (χ0n) is 9.27. The van der Waals surface area contributed by atoms with Gasteiger partial charge in [0.15, 0.2) is 0 Å². The van der Waals surface area contributed by atoms with Crippen LogP contribution in [0.3, 0.4) is 0 Å². The highest BCUT2D eigenvalue weighted by molar-refractivity contribution is 7.93. The predicted molar refractivity (Wildman–Crippen MR) is 68.5 cm³/mol. The lowest BCUT2D eigenvalue weighted by atomic mass is 10.2. The molecular weight excluding hydrogens is 292 g/mol. The van der Waals surface area contributed by atoms with Crippen molar-refractivity contribution in [3.05, 3.63) is 30.0 Å². The molecule has 0 fully saturated rings. The highest BCUT2D eigenvalue weighted by Gasteiger charge is 2.19. The van der Waals surface area contributed by atoms with Gasteiger partial charge >= 0.3 is 5.97 Å². The average molecular weight is 300 g/mol. The van der Waals surface area contributed by atoms with Crippen LogP contribution in [0, 0.1) is 0 Å². The molecule has 0 aliphatic carbocycles. The van der Waals surface area contributed by atoms with E-state index < -0.39 is 16.0 Å². The van der Waals surface area contributed by atoms with E-state index in [9.17, 15) is 13.2 Å². The number of carboxylic acid groups (broad SMARTS) is 1. The number of rotatable bonds is 4. The summed E-state index contributed by atoms with van der Waals surface area (Å²) in [6.07, 6.45) is 1.25. The smallest absolute Gasteiger partial charge is 0.335 e. The molecule has 1 heterocycles. The summed E-state index contributed by atoms with van der Waals surface area (Å²) in [6.45, 7) is 0. The van der Waals surface area contributed by atoms with E-state index in [4.69, 9.17) is 10.8 Å². The van der Waals surface area contributed by atoms with Crippen molar-refractivity contribution in [3.63, 3.8) is 0 Å². The number of hydrogen-bond donors (Lipinski definition) is 3. The van der Waals surface area contributed by atoms with E-state index in [1.165, 1.54) is 6.20 Å². The third-order valence-electron chi connectivity index (χ3n) is 2.14. The van der Waals surface area contributed by atoms with Crippen LogP contribution in [0.25, 0.3) is 0 Å². The lowest BCUT2D eigenvalue weighted by Crippen LogP contribution is -2.14. The molecular formula is C9H8N4O4S2. The summed E-state index contributed by atoms with van der Waals surface area (Å²) < 4.78 is 29.8. The zero-order valence-corrected chi connectivity index (χ0v) is 10.9. The molecule has 0 saturated heterocycles. The lowest BCUT2D eigenvalue weighted by molar-refractivity contribution is 0.0697. The first-order chi connectivity index (χ1) is 8.90. The third kappa shape index (κ3) is 2.80. The number of hydrogen-bond acceptors (Lipinski definition) is 7. The molecule has 0 atom stereocenters. The number of aromatic nitrogens is 2. The molecule has 1 aromatic carbocycles. The van der Waals surface area contributed by atoms with Gasteiger partial charge in [0.25, 0.3) is 10.0 Å². The lowest BCUT2D eigenvalue weighted by Gasteiger charge is -2.08. The van der Waals surface area contributed by atoms with Gasteiger partial charge in [0.1, 0.15) is 9.90 Å². The Morgan fingerprint density at radius 1 is 1.42 bits per heavy atom. The maximum absolute atomic E-state index is 12.0. The molecule has 2 aromatic rings. The van der Waals surface area contributed by atoms with Crippen LogP contribution >= 0.6 is 11.5 Å². The number of benzene rings is 1. The Labute approximate surface area is 112 Å². The first-order valence-electron chi connectivity index (χ1n) is 4.83. The Bertz CT molecular complexity index is 712. The average Bonchev–Trinajstić information content (AvgIpc) is 2.80. The van der Waals surface area contributed by atoms with Crippen molar-refractivity contribution in [1.29, 1.82) is 0 Å². The molecule has 8 nitrogen and oxygen atoms in total. The van der Waals surface area contributed by atoms with Gasteiger partial charge < -0.3 is 10.8 Å². The second-order valence-electron chi connectivity index (χ2n) is 3.45. The molecule has 0 aliphatic heterocycles. The molecule has 19 heavy (non-hydrogen) atoms. The van der Waals surface area contributed by atoms with E-state index in [0.29, 0.717) is 0 Å². The minimum atomic E-state index is -3.89. The van der Waals surface area contributed by atoms with Crippen LogP contribution in [0.4, 0.5) is 10.7 Å². The van der Waals surface area contributed by atoms with E-state index in [0.717, 1.165) is 29.7 Å². The second-order valence-corrected chi connectivity index (χ2v) is 5.88. The maximum atomic E-state index is 12.0. The fourth-order valence-corrected chi connectivity index (χ4v) is 3.12. The number of nitrogen functional groups attached to an aromatic ring is 1. The summed E-state index contributed by atoms with van der Waals surface area (Å²) in [5.74, 6) is -1.18. The molecule has 10 heteroatoms. The van der Waals surface area contributed by atoms with Crippen LogP contribution in [-0.4, -0.2) is 29.1 Å². The van der Waals surface area contributed by atoms with E-state index in [1.807, 2.05) is 0 Å². The number of nitrogens with zero attached hydrogens (tertiary/aromatic N) is 2. The number of carbonyl (C=O) groups is 1. The van der Waals surface area contributed by atoms with Gasteiger partial charge in [-0.2, -0.15) is 0 Å². The summed E-state index contributed by atoms with van der Waals surface area (Å²) in [5, 5.41) is 12.5. The predicted octanol–water partition coefficient (Wildman–Crippen LogP) is 0.619. The molecule has 100 valence electrons. The summed E-state index contributed by atoms with van der Waals surface area (Å²) in [4.78, 5) is 10.5. The number of anilines is 2. The second kappa shape index (κ2) is 4.82. The molecule has 0 amide bonds. The van der Waals surface area contributed by atoms with E-state index >= 15 is 0 Å². The number of nitrogens with one attached hydrogen (secondary N) is 1. The summed E-state index contributed by atoms with van der Waals surface area (Å²) >= 11 is 0.872. The highest BCUT2D eigenvalue weighted by atomic mass is 32.2. The SMILES string of the molecule is Nc1cc(C(=O)O)ccc1S(=O)(=O)Nc1cnns1. The quantitative estimate of drug-likeness (QED) is 0.704. The Hall–Kier alpha value is -2.20. The molecule has 0 saturated carbocycles. The van der Waals surface area contributed by atoms with Gasteiger partial charge in [-0.1, -0.05) is 4.49 Å². The van der Waals surface area contributed by atoms with Crippen LogP contribution in [0.5, 0.6) is 0 Å². The van der Waals surface area contributed by atoms with Gasteiger partial charge in [0.05, 0.1) is 17.4 Å². The van der Waals surface area contributed by atoms with Crippen molar-refractivity contribution >= 4 is 38.2 Å². The molecule has 2 rings (SSSR count). The summed E-state index contributed by atoms with van der Waals surface area (Å²) in [7, 11) is -3.89. The zero-order chi connectivity index (χ0) is 14.0. The van der Waals surface area contributed by atoms with E-state index in [1.54, 1.807) is 0 Å². The van der Waals surface area contributed by atoms with Gasteiger partial charge in [-0.25, -0.2) is 13.2 Å². The van der Waals surface area contributed by atoms with Crippen molar-refractivity contribution < 1.29 is 18.3 Å². The largest absolute Gasteiger partial charge is 0.478 e. The number of nitrogens with two attached hydrogens (primary N) is 1. The topological polar surface area (TPSA) is 135 Å². The monoisotopic (exact) mass is 300 g/mol. The molecule has 4 N–H and O–H groups in total. The highest BCUT2D eigenvalue weighted by Crippen LogP contribution is 2.23. The fourth-order valence-electron chi connectivity index (χ4n) is 1.33. The van der Waals surface area contributed by atoms with Gasteiger partial charge in [-0.15, -0.1) is 5.10 Å². The maximum Gasteiger partial charge on any atom is 0.335 e. The molecule has 0 aliphatic rings. The number of sulfonamides is 1. The Morgan fingerprint density at radius 3 is 2.68 bits per heavy atom. The summed E-state index contributed by atoms with van der Waals surface area (Å²) in [6, 6.07) is 3.38.